The zero-order valence-corrected chi connectivity index (χ0v) is 13.1. The molecule has 1 aliphatic heterocycles. The van der Waals surface area contributed by atoms with Crippen molar-refractivity contribution in [2.45, 2.75) is 49.3 Å². The molecule has 3 nitrogen and oxygen atoms in total. The highest BCUT2D eigenvalue weighted by Crippen LogP contribution is 2.36. The van der Waals surface area contributed by atoms with Crippen molar-refractivity contribution in [2.75, 3.05) is 13.1 Å². The van der Waals surface area contributed by atoms with Crippen LogP contribution in [0.1, 0.15) is 32.3 Å². The first-order chi connectivity index (χ1) is 9.69. The van der Waals surface area contributed by atoms with E-state index in [1.54, 1.807) is 0 Å². The predicted octanol–water partition coefficient (Wildman–Crippen LogP) is 2.60. The molecule has 0 aromatic heterocycles. The van der Waals surface area contributed by atoms with Gasteiger partial charge in [0.1, 0.15) is 0 Å². The van der Waals surface area contributed by atoms with Gasteiger partial charge in [0.05, 0.1) is 0 Å². The molecule has 1 aromatic carbocycles. The summed E-state index contributed by atoms with van der Waals surface area (Å²) in [6, 6.07) is 8.89. The number of benzene rings is 1. The second kappa shape index (κ2) is 7.70. The van der Waals surface area contributed by atoms with E-state index in [1.807, 2.05) is 18.7 Å². The molecule has 1 heterocycles. The number of carbonyl (C=O) groups is 1. The summed E-state index contributed by atoms with van der Waals surface area (Å²) in [4.78, 5) is 13.0. The maximum Gasteiger partial charge on any atom is 0.221 e. The summed E-state index contributed by atoms with van der Waals surface area (Å²) in [6.45, 7) is 5.85. The zero-order chi connectivity index (χ0) is 14.4. The van der Waals surface area contributed by atoms with Crippen molar-refractivity contribution in [3.63, 3.8) is 0 Å². The van der Waals surface area contributed by atoms with Crippen LogP contribution in [0.25, 0.3) is 0 Å². The Labute approximate surface area is 125 Å². The van der Waals surface area contributed by atoms with Gasteiger partial charge in [-0.25, -0.2) is 0 Å². The molecular formula is C16H24N2OS. The first-order valence-corrected chi connectivity index (χ1v) is 8.31. The number of thioether (sulfide) groups is 1. The van der Waals surface area contributed by atoms with E-state index >= 15 is 0 Å². The molecule has 1 aromatic rings. The second-order valence-corrected chi connectivity index (χ2v) is 6.72. The van der Waals surface area contributed by atoms with Crippen molar-refractivity contribution in [1.82, 2.24) is 10.6 Å². The number of hydrogen-bond donors (Lipinski definition) is 2. The van der Waals surface area contributed by atoms with E-state index in [1.165, 1.54) is 10.5 Å². The van der Waals surface area contributed by atoms with Crippen LogP contribution in [0.5, 0.6) is 0 Å². The van der Waals surface area contributed by atoms with Gasteiger partial charge < -0.3 is 10.6 Å². The number of nitrogens with one attached hydrogen (secondary N) is 2. The lowest BCUT2D eigenvalue weighted by atomic mass is 10.1. The molecule has 0 aliphatic carbocycles. The summed E-state index contributed by atoms with van der Waals surface area (Å²) >= 11 is 1.95. The molecule has 0 bridgehead atoms. The lowest BCUT2D eigenvalue weighted by Gasteiger charge is -2.12. The van der Waals surface area contributed by atoms with Crippen molar-refractivity contribution in [3.8, 4) is 0 Å². The first kappa shape index (κ1) is 15.4. The van der Waals surface area contributed by atoms with Gasteiger partial charge in [-0.2, -0.15) is 0 Å². The van der Waals surface area contributed by atoms with E-state index < -0.39 is 0 Å². The van der Waals surface area contributed by atoms with Crippen LogP contribution in [0.3, 0.4) is 0 Å². The van der Waals surface area contributed by atoms with Crippen molar-refractivity contribution in [2.24, 2.45) is 0 Å². The molecule has 110 valence electrons. The van der Waals surface area contributed by atoms with E-state index in [4.69, 9.17) is 0 Å². The van der Waals surface area contributed by atoms with Crippen LogP contribution in [0, 0.1) is 0 Å². The third-order valence-electron chi connectivity index (χ3n) is 3.63. The van der Waals surface area contributed by atoms with Crippen LogP contribution < -0.4 is 10.6 Å². The Hall–Kier alpha value is -1.00. The van der Waals surface area contributed by atoms with Gasteiger partial charge in [-0.15, -0.1) is 11.8 Å². The van der Waals surface area contributed by atoms with Gasteiger partial charge in [-0.3, -0.25) is 4.79 Å². The molecule has 0 saturated carbocycles. The number of fused-ring (bicyclic) bond motifs is 1. The molecule has 2 N–H and O–H groups in total. The molecule has 4 heteroatoms. The van der Waals surface area contributed by atoms with E-state index in [0.717, 1.165) is 25.9 Å². The molecule has 1 amide bonds. The molecule has 0 saturated heterocycles. The van der Waals surface area contributed by atoms with Crippen LogP contribution >= 0.6 is 11.8 Å². The monoisotopic (exact) mass is 292 g/mol. The van der Waals surface area contributed by atoms with Crippen molar-refractivity contribution in [1.29, 1.82) is 0 Å². The summed E-state index contributed by atoms with van der Waals surface area (Å²) in [6.07, 6.45) is 2.68. The van der Waals surface area contributed by atoms with Crippen LogP contribution in [-0.2, 0) is 11.2 Å². The quantitative estimate of drug-likeness (QED) is 0.759. The van der Waals surface area contributed by atoms with Crippen molar-refractivity contribution in [3.05, 3.63) is 29.8 Å². The minimum atomic E-state index is 0.147. The SMILES string of the molecule is CCC(C)NC(=O)CCNCC1Cc2ccccc2S1. The fourth-order valence-corrected chi connectivity index (χ4v) is 3.56. The summed E-state index contributed by atoms with van der Waals surface area (Å²) in [5.41, 5.74) is 1.46. The third-order valence-corrected chi connectivity index (χ3v) is 4.95. The zero-order valence-electron chi connectivity index (χ0n) is 12.3. The van der Waals surface area contributed by atoms with E-state index in [9.17, 15) is 4.79 Å². The Morgan fingerprint density at radius 1 is 1.45 bits per heavy atom. The highest BCUT2D eigenvalue weighted by molar-refractivity contribution is 8.00. The lowest BCUT2D eigenvalue weighted by molar-refractivity contribution is -0.121. The Balaban J connectivity index is 1.60. The summed E-state index contributed by atoms with van der Waals surface area (Å²) < 4.78 is 0. The maximum absolute atomic E-state index is 11.6. The van der Waals surface area contributed by atoms with Gasteiger partial charge in [-0.05, 0) is 31.4 Å². The molecule has 1 aliphatic rings. The van der Waals surface area contributed by atoms with E-state index in [0.29, 0.717) is 11.7 Å². The van der Waals surface area contributed by atoms with Crippen LogP contribution in [0.15, 0.2) is 29.2 Å². The fraction of sp³-hybridized carbons (Fsp3) is 0.562. The highest BCUT2D eigenvalue weighted by Gasteiger charge is 2.21. The van der Waals surface area contributed by atoms with Gasteiger partial charge in [0, 0.05) is 35.7 Å². The number of amides is 1. The summed E-state index contributed by atoms with van der Waals surface area (Å²) in [5.74, 6) is 0.147. The molecule has 2 atom stereocenters. The van der Waals surface area contributed by atoms with Crippen molar-refractivity contribution < 1.29 is 4.79 Å². The van der Waals surface area contributed by atoms with Gasteiger partial charge >= 0.3 is 0 Å². The van der Waals surface area contributed by atoms with Crippen LogP contribution in [-0.4, -0.2) is 30.3 Å². The highest BCUT2D eigenvalue weighted by atomic mass is 32.2. The van der Waals surface area contributed by atoms with Gasteiger partial charge in [0.15, 0.2) is 0 Å². The number of carbonyl (C=O) groups excluding carboxylic acids is 1. The molecule has 2 unspecified atom stereocenters. The topological polar surface area (TPSA) is 41.1 Å². The average Bonchev–Trinajstić information content (AvgIpc) is 2.86. The summed E-state index contributed by atoms with van der Waals surface area (Å²) in [7, 11) is 0. The van der Waals surface area contributed by atoms with Crippen molar-refractivity contribution >= 4 is 17.7 Å². The van der Waals surface area contributed by atoms with Gasteiger partial charge in [-0.1, -0.05) is 25.1 Å². The van der Waals surface area contributed by atoms with E-state index in [2.05, 4.69) is 41.8 Å². The first-order valence-electron chi connectivity index (χ1n) is 7.43. The van der Waals surface area contributed by atoms with Crippen LogP contribution in [0.4, 0.5) is 0 Å². The Kier molecular flexibility index (Phi) is 5.92. The predicted molar refractivity (Wildman–Crippen MR) is 85.2 cm³/mol. The minimum Gasteiger partial charge on any atom is -0.354 e. The Morgan fingerprint density at radius 3 is 3.00 bits per heavy atom. The van der Waals surface area contributed by atoms with Crippen LogP contribution in [0.2, 0.25) is 0 Å². The molecule has 0 radical (unpaired) electrons. The summed E-state index contributed by atoms with van der Waals surface area (Å²) in [5, 5.41) is 6.99. The largest absolute Gasteiger partial charge is 0.354 e. The molecule has 0 spiro atoms. The molecule has 20 heavy (non-hydrogen) atoms. The lowest BCUT2D eigenvalue weighted by Crippen LogP contribution is -2.35. The van der Waals surface area contributed by atoms with E-state index in [-0.39, 0.29) is 11.9 Å². The second-order valence-electron chi connectivity index (χ2n) is 5.38. The standard InChI is InChI=1S/C16H24N2OS/c1-3-12(2)18-16(19)8-9-17-11-14-10-13-6-4-5-7-15(13)20-14/h4-7,12,14,17H,3,8-11H2,1-2H3,(H,18,19). The molecule has 0 fully saturated rings. The average molecular weight is 292 g/mol. The smallest absolute Gasteiger partial charge is 0.221 e. The number of rotatable bonds is 7. The molecule has 2 rings (SSSR count). The number of hydrogen-bond acceptors (Lipinski definition) is 3. The Bertz CT molecular complexity index is 425. The maximum atomic E-state index is 11.6. The third kappa shape index (κ3) is 4.53. The normalized spacial score (nSPS) is 18.6. The Morgan fingerprint density at radius 2 is 2.25 bits per heavy atom. The minimum absolute atomic E-state index is 0.147. The molecular weight excluding hydrogens is 268 g/mol. The van der Waals surface area contributed by atoms with Gasteiger partial charge in [0.25, 0.3) is 0 Å². The fourth-order valence-electron chi connectivity index (χ4n) is 2.28. The van der Waals surface area contributed by atoms with Gasteiger partial charge in [0.2, 0.25) is 5.91 Å².